The molecule has 2 nitrogen and oxygen atoms in total. The summed E-state index contributed by atoms with van der Waals surface area (Å²) in [6.07, 6.45) is 3.29. The van der Waals surface area contributed by atoms with Crippen molar-refractivity contribution in [2.75, 3.05) is 5.33 Å². The molecule has 0 heterocycles. The Bertz CT molecular complexity index is 388. The smallest absolute Gasteiger partial charge is 0.307 e. The van der Waals surface area contributed by atoms with Crippen molar-refractivity contribution < 1.29 is 14.3 Å². The van der Waals surface area contributed by atoms with Crippen molar-refractivity contribution >= 4 is 28.0 Å². The number of aliphatic carboxylic acids is 1. The van der Waals surface area contributed by atoms with Gasteiger partial charge in [0, 0.05) is 10.9 Å². The van der Waals surface area contributed by atoms with Gasteiger partial charge in [0.25, 0.3) is 0 Å². The number of halogens is 2. The van der Waals surface area contributed by atoms with Crippen molar-refractivity contribution in [3.8, 4) is 0 Å². The molecule has 0 amide bonds. The van der Waals surface area contributed by atoms with Gasteiger partial charge in [-0.25, -0.2) is 4.39 Å². The standard InChI is InChI=1S/C11H10BrFO2/c12-5-1-2-9-6-8(7-11(14)15)3-4-10(9)13/h1-4,6H,5,7H2,(H,14,15). The molecule has 4 heteroatoms. The quantitative estimate of drug-likeness (QED) is 0.856. The number of hydrogen-bond acceptors (Lipinski definition) is 1. The van der Waals surface area contributed by atoms with E-state index >= 15 is 0 Å². The summed E-state index contributed by atoms with van der Waals surface area (Å²) in [4.78, 5) is 10.5. The largest absolute Gasteiger partial charge is 0.481 e. The summed E-state index contributed by atoms with van der Waals surface area (Å²) in [5.74, 6) is -1.27. The number of rotatable bonds is 4. The number of allylic oxidation sites excluding steroid dienone is 1. The number of hydrogen-bond donors (Lipinski definition) is 1. The van der Waals surface area contributed by atoms with Crippen LogP contribution in [0, 0.1) is 5.82 Å². The van der Waals surface area contributed by atoms with Crippen LogP contribution in [-0.4, -0.2) is 16.4 Å². The summed E-state index contributed by atoms with van der Waals surface area (Å²) in [6.45, 7) is 0. The van der Waals surface area contributed by atoms with E-state index in [0.29, 0.717) is 16.5 Å². The molecular formula is C11H10BrFO2. The highest BCUT2D eigenvalue weighted by atomic mass is 79.9. The van der Waals surface area contributed by atoms with Crippen LogP contribution in [-0.2, 0) is 11.2 Å². The average Bonchev–Trinajstić information content (AvgIpc) is 2.18. The van der Waals surface area contributed by atoms with Crippen LogP contribution in [0.15, 0.2) is 24.3 Å². The average molecular weight is 273 g/mol. The van der Waals surface area contributed by atoms with Crippen molar-refractivity contribution in [2.45, 2.75) is 6.42 Å². The normalized spacial score (nSPS) is 10.8. The van der Waals surface area contributed by atoms with Gasteiger partial charge in [-0.3, -0.25) is 4.79 Å². The topological polar surface area (TPSA) is 37.3 Å². The Morgan fingerprint density at radius 2 is 2.27 bits per heavy atom. The van der Waals surface area contributed by atoms with Crippen molar-refractivity contribution in [1.82, 2.24) is 0 Å². The molecule has 1 rings (SSSR count). The first kappa shape index (κ1) is 11.9. The predicted molar refractivity (Wildman–Crippen MR) is 60.6 cm³/mol. The van der Waals surface area contributed by atoms with Gasteiger partial charge in [-0.1, -0.05) is 34.1 Å². The minimum Gasteiger partial charge on any atom is -0.481 e. The van der Waals surface area contributed by atoms with Gasteiger partial charge in [0.1, 0.15) is 5.82 Å². The first-order chi connectivity index (χ1) is 7.13. The Morgan fingerprint density at radius 1 is 1.53 bits per heavy atom. The fourth-order valence-corrected chi connectivity index (χ4v) is 1.36. The summed E-state index contributed by atoms with van der Waals surface area (Å²) >= 11 is 3.19. The van der Waals surface area contributed by atoms with Gasteiger partial charge >= 0.3 is 5.97 Å². The lowest BCUT2D eigenvalue weighted by atomic mass is 10.1. The minimum atomic E-state index is -0.919. The number of carboxylic acid groups (broad SMARTS) is 1. The van der Waals surface area contributed by atoms with Crippen molar-refractivity contribution in [3.63, 3.8) is 0 Å². The molecule has 80 valence electrons. The molecule has 0 spiro atoms. The van der Waals surface area contributed by atoms with Gasteiger partial charge < -0.3 is 5.11 Å². The first-order valence-corrected chi connectivity index (χ1v) is 5.48. The van der Waals surface area contributed by atoms with Crippen molar-refractivity contribution in [3.05, 3.63) is 41.2 Å². The number of alkyl halides is 1. The molecule has 0 fully saturated rings. The van der Waals surface area contributed by atoms with Crippen LogP contribution in [0.2, 0.25) is 0 Å². The maximum atomic E-state index is 13.2. The van der Waals surface area contributed by atoms with E-state index in [1.54, 1.807) is 18.2 Å². The Labute approximate surface area is 95.6 Å². The third kappa shape index (κ3) is 3.83. The second kappa shape index (κ2) is 5.66. The minimum absolute atomic E-state index is 0.0879. The van der Waals surface area contributed by atoms with Crippen molar-refractivity contribution in [1.29, 1.82) is 0 Å². The molecule has 0 aliphatic carbocycles. The summed E-state index contributed by atoms with van der Waals surface area (Å²) in [5, 5.41) is 9.22. The van der Waals surface area contributed by atoms with Gasteiger partial charge in [-0.2, -0.15) is 0 Å². The van der Waals surface area contributed by atoms with Crippen LogP contribution in [0.1, 0.15) is 11.1 Å². The molecule has 0 saturated carbocycles. The Hall–Kier alpha value is -1.16. The molecule has 0 saturated heterocycles. The van der Waals surface area contributed by atoms with Crippen molar-refractivity contribution in [2.24, 2.45) is 0 Å². The molecular weight excluding hydrogens is 263 g/mol. The highest BCUT2D eigenvalue weighted by molar-refractivity contribution is 9.09. The van der Waals surface area contributed by atoms with Gasteiger partial charge in [0.2, 0.25) is 0 Å². The maximum Gasteiger partial charge on any atom is 0.307 e. The number of benzene rings is 1. The van der Waals surface area contributed by atoms with E-state index < -0.39 is 5.97 Å². The third-order valence-electron chi connectivity index (χ3n) is 1.80. The predicted octanol–water partition coefficient (Wildman–Crippen LogP) is 2.86. The van der Waals surface area contributed by atoms with E-state index in [1.807, 2.05) is 0 Å². The second-order valence-electron chi connectivity index (χ2n) is 2.98. The fraction of sp³-hybridized carbons (Fsp3) is 0.182. The van der Waals surface area contributed by atoms with Gasteiger partial charge in [-0.05, 0) is 17.7 Å². The number of carboxylic acids is 1. The Kier molecular flexibility index (Phi) is 4.49. The monoisotopic (exact) mass is 272 g/mol. The van der Waals surface area contributed by atoms with Crippen LogP contribution in [0.4, 0.5) is 4.39 Å². The van der Waals surface area contributed by atoms with Gasteiger partial charge in [0.15, 0.2) is 0 Å². The van der Waals surface area contributed by atoms with E-state index in [1.165, 1.54) is 12.1 Å². The van der Waals surface area contributed by atoms with E-state index in [2.05, 4.69) is 15.9 Å². The molecule has 15 heavy (non-hydrogen) atoms. The molecule has 0 aliphatic rings. The van der Waals surface area contributed by atoms with Crippen LogP contribution in [0.25, 0.3) is 6.08 Å². The molecule has 0 bridgehead atoms. The zero-order chi connectivity index (χ0) is 11.3. The third-order valence-corrected chi connectivity index (χ3v) is 2.18. The lowest BCUT2D eigenvalue weighted by molar-refractivity contribution is -0.136. The van der Waals surface area contributed by atoms with E-state index in [9.17, 15) is 9.18 Å². The summed E-state index contributed by atoms with van der Waals surface area (Å²) in [5.41, 5.74) is 1.01. The lowest BCUT2D eigenvalue weighted by Gasteiger charge is -2.01. The fourth-order valence-electron chi connectivity index (χ4n) is 1.18. The molecule has 0 unspecified atom stereocenters. The van der Waals surface area contributed by atoms with E-state index in [-0.39, 0.29) is 12.2 Å². The van der Waals surface area contributed by atoms with Crippen LogP contribution in [0.5, 0.6) is 0 Å². The Balaban J connectivity index is 2.94. The highest BCUT2D eigenvalue weighted by Gasteiger charge is 2.04. The molecule has 0 aromatic heterocycles. The maximum absolute atomic E-state index is 13.2. The van der Waals surface area contributed by atoms with Crippen LogP contribution < -0.4 is 0 Å². The van der Waals surface area contributed by atoms with Gasteiger partial charge in [-0.15, -0.1) is 0 Å². The highest BCUT2D eigenvalue weighted by Crippen LogP contribution is 2.13. The second-order valence-corrected chi connectivity index (χ2v) is 3.63. The lowest BCUT2D eigenvalue weighted by Crippen LogP contribution is -2.00. The molecule has 0 aliphatic heterocycles. The summed E-state index contributed by atoms with van der Waals surface area (Å²) in [6, 6.07) is 4.31. The molecule has 1 N–H and O–H groups in total. The molecule has 0 atom stereocenters. The SMILES string of the molecule is O=C(O)Cc1ccc(F)c(C=CCBr)c1. The van der Waals surface area contributed by atoms with Gasteiger partial charge in [0.05, 0.1) is 6.42 Å². The van der Waals surface area contributed by atoms with E-state index in [0.717, 1.165) is 0 Å². The summed E-state index contributed by atoms with van der Waals surface area (Å²) < 4.78 is 13.2. The Morgan fingerprint density at radius 3 is 2.87 bits per heavy atom. The molecule has 0 radical (unpaired) electrons. The van der Waals surface area contributed by atoms with E-state index in [4.69, 9.17) is 5.11 Å². The zero-order valence-electron chi connectivity index (χ0n) is 7.91. The summed E-state index contributed by atoms with van der Waals surface area (Å²) in [7, 11) is 0. The first-order valence-electron chi connectivity index (χ1n) is 4.36. The van der Waals surface area contributed by atoms with Crippen LogP contribution in [0.3, 0.4) is 0 Å². The number of carbonyl (C=O) groups is 1. The van der Waals surface area contributed by atoms with Crippen LogP contribution >= 0.6 is 15.9 Å². The zero-order valence-corrected chi connectivity index (χ0v) is 9.50. The molecule has 1 aromatic rings. The molecule has 1 aromatic carbocycles.